The van der Waals surface area contributed by atoms with Crippen LogP contribution in [0.1, 0.15) is 10.5 Å². The standard InChI is InChI=1S/C21H14Cl2N2O2/c22-14-9-10-19(27-15-6-2-1-3-7-15)17(12-14)25-21(26)18-11-13-5-4-8-16(23)20(13)24-18/h1-12,24H,(H,25,26). The molecular weight excluding hydrogens is 383 g/mol. The number of hydrogen-bond acceptors (Lipinski definition) is 2. The van der Waals surface area contributed by atoms with Gasteiger partial charge in [-0.3, -0.25) is 4.79 Å². The topological polar surface area (TPSA) is 54.1 Å². The Hall–Kier alpha value is -2.95. The van der Waals surface area contributed by atoms with Gasteiger partial charge in [0.15, 0.2) is 5.75 Å². The second-order valence-electron chi connectivity index (χ2n) is 5.90. The zero-order chi connectivity index (χ0) is 18.8. The van der Waals surface area contributed by atoms with Crippen LogP contribution in [0.4, 0.5) is 5.69 Å². The summed E-state index contributed by atoms with van der Waals surface area (Å²) in [6.45, 7) is 0. The highest BCUT2D eigenvalue weighted by atomic mass is 35.5. The molecule has 2 N–H and O–H groups in total. The van der Waals surface area contributed by atoms with E-state index in [1.165, 1.54) is 0 Å². The molecule has 4 nitrogen and oxygen atoms in total. The van der Waals surface area contributed by atoms with Gasteiger partial charge in [-0.15, -0.1) is 0 Å². The van der Waals surface area contributed by atoms with Crippen molar-refractivity contribution in [1.29, 1.82) is 0 Å². The molecule has 0 saturated heterocycles. The molecule has 1 amide bonds. The largest absolute Gasteiger partial charge is 0.455 e. The van der Waals surface area contributed by atoms with Gasteiger partial charge in [0.25, 0.3) is 5.91 Å². The highest BCUT2D eigenvalue weighted by Gasteiger charge is 2.14. The fourth-order valence-corrected chi connectivity index (χ4v) is 3.14. The number of amides is 1. The second-order valence-corrected chi connectivity index (χ2v) is 6.74. The summed E-state index contributed by atoms with van der Waals surface area (Å²) >= 11 is 12.3. The molecule has 0 unspecified atom stereocenters. The molecule has 1 aromatic heterocycles. The minimum atomic E-state index is -0.317. The van der Waals surface area contributed by atoms with Crippen molar-refractivity contribution < 1.29 is 9.53 Å². The molecule has 6 heteroatoms. The average molecular weight is 397 g/mol. The SMILES string of the molecule is O=C(Nc1cc(Cl)ccc1Oc1ccccc1)c1cc2cccc(Cl)c2[nH]1. The van der Waals surface area contributed by atoms with Crippen molar-refractivity contribution in [3.05, 3.63) is 88.5 Å². The van der Waals surface area contributed by atoms with E-state index in [1.54, 1.807) is 30.3 Å². The third-order valence-corrected chi connectivity index (χ3v) is 4.56. The van der Waals surface area contributed by atoms with Gasteiger partial charge in [0, 0.05) is 10.4 Å². The number of ether oxygens (including phenoxy) is 1. The fourth-order valence-electron chi connectivity index (χ4n) is 2.74. The van der Waals surface area contributed by atoms with Crippen LogP contribution in [0.3, 0.4) is 0 Å². The van der Waals surface area contributed by atoms with E-state index in [1.807, 2.05) is 42.5 Å². The molecule has 3 aromatic carbocycles. The Kier molecular flexibility index (Phi) is 4.75. The lowest BCUT2D eigenvalue weighted by Gasteiger charge is -2.12. The Bertz CT molecular complexity index is 1120. The van der Waals surface area contributed by atoms with E-state index in [9.17, 15) is 4.79 Å². The number of anilines is 1. The number of hydrogen-bond donors (Lipinski definition) is 2. The van der Waals surface area contributed by atoms with Crippen LogP contribution in [-0.4, -0.2) is 10.9 Å². The molecule has 0 aliphatic carbocycles. The van der Waals surface area contributed by atoms with E-state index in [2.05, 4.69) is 10.3 Å². The number of nitrogens with one attached hydrogen (secondary N) is 2. The number of H-pyrrole nitrogens is 1. The van der Waals surface area contributed by atoms with Crippen molar-refractivity contribution >= 4 is 45.7 Å². The first-order chi connectivity index (χ1) is 13.1. The number of aromatic nitrogens is 1. The molecule has 0 atom stereocenters. The Balaban J connectivity index is 1.63. The van der Waals surface area contributed by atoms with Crippen LogP contribution in [0, 0.1) is 0 Å². The maximum absolute atomic E-state index is 12.7. The summed E-state index contributed by atoms with van der Waals surface area (Å²) < 4.78 is 5.87. The van der Waals surface area contributed by atoms with E-state index in [-0.39, 0.29) is 5.91 Å². The van der Waals surface area contributed by atoms with Crippen molar-refractivity contribution in [3.8, 4) is 11.5 Å². The molecule has 0 spiro atoms. The normalized spacial score (nSPS) is 10.7. The first-order valence-corrected chi connectivity index (χ1v) is 8.97. The minimum absolute atomic E-state index is 0.317. The average Bonchev–Trinajstić information content (AvgIpc) is 3.11. The predicted molar refractivity (Wildman–Crippen MR) is 109 cm³/mol. The Labute approximate surface area is 165 Å². The number of halogens is 2. The maximum Gasteiger partial charge on any atom is 0.272 e. The lowest BCUT2D eigenvalue weighted by molar-refractivity contribution is 0.102. The summed E-state index contributed by atoms with van der Waals surface area (Å²) in [4.78, 5) is 15.8. The zero-order valence-electron chi connectivity index (χ0n) is 14.0. The molecule has 4 aromatic rings. The van der Waals surface area contributed by atoms with Gasteiger partial charge in [-0.05, 0) is 42.5 Å². The number of para-hydroxylation sites is 2. The molecule has 134 valence electrons. The Morgan fingerprint density at radius 1 is 0.926 bits per heavy atom. The first-order valence-electron chi connectivity index (χ1n) is 8.21. The van der Waals surface area contributed by atoms with Crippen molar-refractivity contribution in [2.75, 3.05) is 5.32 Å². The van der Waals surface area contributed by atoms with Crippen LogP contribution in [-0.2, 0) is 0 Å². The second kappa shape index (κ2) is 7.35. The summed E-state index contributed by atoms with van der Waals surface area (Å²) in [5, 5.41) is 4.76. The summed E-state index contributed by atoms with van der Waals surface area (Å²) in [7, 11) is 0. The monoisotopic (exact) mass is 396 g/mol. The van der Waals surface area contributed by atoms with E-state index >= 15 is 0 Å². The predicted octanol–water partition coefficient (Wildman–Crippen LogP) is 6.52. The molecule has 0 radical (unpaired) electrons. The molecule has 4 rings (SSSR count). The van der Waals surface area contributed by atoms with E-state index in [4.69, 9.17) is 27.9 Å². The van der Waals surface area contributed by atoms with Crippen molar-refractivity contribution in [2.45, 2.75) is 0 Å². The van der Waals surface area contributed by atoms with Gasteiger partial charge in [0.05, 0.1) is 16.2 Å². The van der Waals surface area contributed by atoms with Crippen LogP contribution in [0.2, 0.25) is 10.0 Å². The molecule has 0 aliphatic heterocycles. The molecule has 0 fully saturated rings. The van der Waals surface area contributed by atoms with Gasteiger partial charge in [0.2, 0.25) is 0 Å². The van der Waals surface area contributed by atoms with Crippen LogP contribution in [0.15, 0.2) is 72.8 Å². The summed E-state index contributed by atoms with van der Waals surface area (Å²) in [5.41, 5.74) is 1.58. The highest BCUT2D eigenvalue weighted by molar-refractivity contribution is 6.35. The van der Waals surface area contributed by atoms with Crippen molar-refractivity contribution in [2.24, 2.45) is 0 Å². The lowest BCUT2D eigenvalue weighted by atomic mass is 10.2. The molecule has 0 bridgehead atoms. The van der Waals surface area contributed by atoms with Gasteiger partial charge >= 0.3 is 0 Å². The summed E-state index contributed by atoms with van der Waals surface area (Å²) in [6, 6.07) is 21.6. The van der Waals surface area contributed by atoms with Crippen LogP contribution in [0.5, 0.6) is 11.5 Å². The maximum atomic E-state index is 12.7. The highest BCUT2D eigenvalue weighted by Crippen LogP contribution is 2.32. The van der Waals surface area contributed by atoms with Gasteiger partial charge in [0.1, 0.15) is 11.4 Å². The number of carbonyl (C=O) groups excluding carboxylic acids is 1. The quantitative estimate of drug-likeness (QED) is 0.412. The van der Waals surface area contributed by atoms with Gasteiger partial charge in [-0.2, -0.15) is 0 Å². The smallest absolute Gasteiger partial charge is 0.272 e. The number of carbonyl (C=O) groups is 1. The number of fused-ring (bicyclic) bond motifs is 1. The third-order valence-electron chi connectivity index (χ3n) is 4.01. The molecule has 1 heterocycles. The van der Waals surface area contributed by atoms with Gasteiger partial charge in [-0.25, -0.2) is 0 Å². The first kappa shape index (κ1) is 17.5. The van der Waals surface area contributed by atoms with Crippen LogP contribution < -0.4 is 10.1 Å². The van der Waals surface area contributed by atoms with Gasteiger partial charge in [-0.1, -0.05) is 53.5 Å². The Morgan fingerprint density at radius 3 is 2.52 bits per heavy atom. The summed E-state index contributed by atoms with van der Waals surface area (Å²) in [6.07, 6.45) is 0. The van der Waals surface area contributed by atoms with Crippen molar-refractivity contribution in [1.82, 2.24) is 4.98 Å². The third kappa shape index (κ3) is 3.77. The van der Waals surface area contributed by atoms with E-state index in [0.717, 1.165) is 10.9 Å². The minimum Gasteiger partial charge on any atom is -0.455 e. The lowest BCUT2D eigenvalue weighted by Crippen LogP contribution is -2.13. The van der Waals surface area contributed by atoms with Crippen LogP contribution >= 0.6 is 23.2 Å². The molecule has 0 aliphatic rings. The van der Waals surface area contributed by atoms with E-state index in [0.29, 0.717) is 32.9 Å². The van der Waals surface area contributed by atoms with E-state index < -0.39 is 0 Å². The summed E-state index contributed by atoms with van der Waals surface area (Å²) in [5.74, 6) is 0.836. The zero-order valence-corrected chi connectivity index (χ0v) is 15.5. The van der Waals surface area contributed by atoms with Crippen molar-refractivity contribution in [3.63, 3.8) is 0 Å². The molecule has 27 heavy (non-hydrogen) atoms. The number of aromatic amines is 1. The fraction of sp³-hybridized carbons (Fsp3) is 0. The van der Waals surface area contributed by atoms with Crippen LogP contribution in [0.25, 0.3) is 10.9 Å². The Morgan fingerprint density at radius 2 is 1.74 bits per heavy atom. The molecule has 0 saturated carbocycles. The number of benzene rings is 3. The van der Waals surface area contributed by atoms with Gasteiger partial charge < -0.3 is 15.0 Å². The molecular formula is C21H14Cl2N2O2. The number of rotatable bonds is 4.